The van der Waals surface area contributed by atoms with Gasteiger partial charge in [-0.1, -0.05) is 13.3 Å². The summed E-state index contributed by atoms with van der Waals surface area (Å²) in [4.78, 5) is 17.9. The lowest BCUT2D eigenvalue weighted by Crippen LogP contribution is -2.29. The summed E-state index contributed by atoms with van der Waals surface area (Å²) in [6.45, 7) is 2.19. The molecule has 0 aromatic carbocycles. The zero-order valence-electron chi connectivity index (χ0n) is 9.20. The van der Waals surface area contributed by atoms with Gasteiger partial charge in [0.1, 0.15) is 10.6 Å². The molecule has 16 heavy (non-hydrogen) atoms. The van der Waals surface area contributed by atoms with Crippen molar-refractivity contribution in [3.05, 3.63) is 21.2 Å². The molecule has 88 valence electrons. The molecule has 1 aromatic heterocycles. The molecule has 1 aromatic rings. The average Bonchev–Trinajstić information content (AvgIpc) is 2.28. The average molecular weight is 287 g/mol. The molecule has 1 fully saturated rings. The van der Waals surface area contributed by atoms with Crippen LogP contribution in [0.1, 0.15) is 32.6 Å². The normalized spacial score (nSPS) is 25.4. The highest BCUT2D eigenvalue weighted by molar-refractivity contribution is 9.10. The minimum absolute atomic E-state index is 0.180. The topological polar surface area (TPSA) is 55.0 Å². The van der Waals surface area contributed by atoms with Crippen LogP contribution in [0.3, 0.4) is 0 Å². The molecule has 1 aliphatic carbocycles. The molecule has 1 aliphatic rings. The zero-order valence-corrected chi connectivity index (χ0v) is 10.8. The van der Waals surface area contributed by atoms with E-state index < -0.39 is 0 Å². The summed E-state index contributed by atoms with van der Waals surface area (Å²) in [7, 11) is 0. The van der Waals surface area contributed by atoms with Crippen LogP contribution in [0.25, 0.3) is 0 Å². The number of aromatic amines is 1. The van der Waals surface area contributed by atoms with Gasteiger partial charge in [0.05, 0.1) is 6.33 Å². The highest BCUT2D eigenvalue weighted by Crippen LogP contribution is 2.28. The molecule has 2 unspecified atom stereocenters. The van der Waals surface area contributed by atoms with E-state index in [-0.39, 0.29) is 11.7 Å². The Morgan fingerprint density at radius 2 is 2.25 bits per heavy atom. The maximum Gasteiger partial charge on any atom is 0.268 e. The van der Waals surface area contributed by atoms with Gasteiger partial charge in [0, 0.05) is 0 Å². The van der Waals surface area contributed by atoms with E-state index in [4.69, 9.17) is 4.74 Å². The van der Waals surface area contributed by atoms with E-state index in [9.17, 15) is 4.79 Å². The second kappa shape index (κ2) is 4.99. The highest BCUT2D eigenvalue weighted by Gasteiger charge is 2.24. The van der Waals surface area contributed by atoms with E-state index in [2.05, 4.69) is 32.8 Å². The minimum Gasteiger partial charge on any atom is -0.473 e. The van der Waals surface area contributed by atoms with Crippen LogP contribution in [-0.4, -0.2) is 16.1 Å². The minimum atomic E-state index is -0.200. The Labute approximate surface area is 103 Å². The van der Waals surface area contributed by atoms with Gasteiger partial charge in [0.25, 0.3) is 5.56 Å². The SMILES string of the molecule is CC1CCCCC1Oc1nc[nH]c(=O)c1Br. The van der Waals surface area contributed by atoms with Gasteiger partial charge in [-0.15, -0.1) is 0 Å². The Morgan fingerprint density at radius 1 is 1.50 bits per heavy atom. The number of nitrogens with one attached hydrogen (secondary N) is 1. The fraction of sp³-hybridized carbons (Fsp3) is 0.636. The molecule has 4 nitrogen and oxygen atoms in total. The van der Waals surface area contributed by atoms with Crippen molar-refractivity contribution < 1.29 is 4.74 Å². The molecule has 2 atom stereocenters. The lowest BCUT2D eigenvalue weighted by atomic mass is 9.88. The van der Waals surface area contributed by atoms with Gasteiger partial charge in [0.15, 0.2) is 0 Å². The molecule has 0 amide bonds. The molecule has 0 aliphatic heterocycles. The van der Waals surface area contributed by atoms with Gasteiger partial charge < -0.3 is 9.72 Å². The number of nitrogens with zero attached hydrogens (tertiary/aromatic N) is 1. The van der Waals surface area contributed by atoms with Crippen molar-refractivity contribution >= 4 is 15.9 Å². The van der Waals surface area contributed by atoms with E-state index in [1.807, 2.05) is 0 Å². The van der Waals surface area contributed by atoms with E-state index in [0.29, 0.717) is 16.3 Å². The van der Waals surface area contributed by atoms with Crippen LogP contribution in [0, 0.1) is 5.92 Å². The van der Waals surface area contributed by atoms with Crippen molar-refractivity contribution in [1.82, 2.24) is 9.97 Å². The molecule has 1 N–H and O–H groups in total. The van der Waals surface area contributed by atoms with Gasteiger partial charge in [-0.25, -0.2) is 4.98 Å². The third-order valence-electron chi connectivity index (χ3n) is 3.06. The first-order chi connectivity index (χ1) is 7.68. The van der Waals surface area contributed by atoms with Crippen LogP contribution >= 0.6 is 15.9 Å². The first-order valence-corrected chi connectivity index (χ1v) is 6.37. The van der Waals surface area contributed by atoms with Crippen LogP contribution in [0.15, 0.2) is 15.6 Å². The number of H-pyrrole nitrogens is 1. The second-order valence-corrected chi connectivity index (χ2v) is 5.06. The molecule has 1 saturated carbocycles. The Morgan fingerprint density at radius 3 is 3.00 bits per heavy atom. The molecule has 0 bridgehead atoms. The maximum absolute atomic E-state index is 11.3. The number of hydrogen-bond acceptors (Lipinski definition) is 3. The Bertz CT molecular complexity index is 419. The van der Waals surface area contributed by atoms with Crippen molar-refractivity contribution in [2.45, 2.75) is 38.7 Å². The lowest BCUT2D eigenvalue weighted by molar-refractivity contribution is 0.0963. The van der Waals surface area contributed by atoms with E-state index >= 15 is 0 Å². The largest absolute Gasteiger partial charge is 0.473 e. The predicted molar refractivity (Wildman–Crippen MR) is 64.6 cm³/mol. The van der Waals surface area contributed by atoms with Gasteiger partial charge in [-0.05, 0) is 41.1 Å². The smallest absolute Gasteiger partial charge is 0.268 e. The first-order valence-electron chi connectivity index (χ1n) is 5.58. The van der Waals surface area contributed by atoms with Crippen LogP contribution < -0.4 is 10.3 Å². The number of ether oxygens (including phenoxy) is 1. The Hall–Kier alpha value is -0.840. The molecular weight excluding hydrogens is 272 g/mol. The fourth-order valence-electron chi connectivity index (χ4n) is 2.05. The molecule has 0 saturated heterocycles. The van der Waals surface area contributed by atoms with Crippen LogP contribution in [0.5, 0.6) is 5.88 Å². The summed E-state index contributed by atoms with van der Waals surface area (Å²) in [5.74, 6) is 0.934. The molecular formula is C11H15BrN2O2. The molecule has 0 spiro atoms. The van der Waals surface area contributed by atoms with Gasteiger partial charge in [0.2, 0.25) is 5.88 Å². The number of rotatable bonds is 2. The van der Waals surface area contributed by atoms with Crippen molar-refractivity contribution in [3.63, 3.8) is 0 Å². The van der Waals surface area contributed by atoms with Gasteiger partial charge >= 0.3 is 0 Å². The molecule has 0 radical (unpaired) electrons. The number of halogens is 1. The number of hydrogen-bond donors (Lipinski definition) is 1. The first kappa shape index (κ1) is 11.6. The fourth-order valence-corrected chi connectivity index (χ4v) is 2.36. The number of aromatic nitrogens is 2. The van der Waals surface area contributed by atoms with Crippen molar-refractivity contribution in [2.75, 3.05) is 0 Å². The van der Waals surface area contributed by atoms with E-state index in [0.717, 1.165) is 6.42 Å². The van der Waals surface area contributed by atoms with Crippen molar-refractivity contribution in [1.29, 1.82) is 0 Å². The van der Waals surface area contributed by atoms with Gasteiger partial charge in [-0.2, -0.15) is 0 Å². The van der Waals surface area contributed by atoms with E-state index in [1.54, 1.807) is 0 Å². The Balaban J connectivity index is 2.14. The van der Waals surface area contributed by atoms with Gasteiger partial charge in [-0.3, -0.25) is 4.79 Å². The summed E-state index contributed by atoms with van der Waals surface area (Å²) < 4.78 is 6.18. The van der Waals surface area contributed by atoms with Crippen LogP contribution in [0.2, 0.25) is 0 Å². The lowest BCUT2D eigenvalue weighted by Gasteiger charge is -2.28. The highest BCUT2D eigenvalue weighted by atomic mass is 79.9. The molecule has 2 rings (SSSR count). The van der Waals surface area contributed by atoms with Crippen LogP contribution in [0.4, 0.5) is 0 Å². The second-order valence-electron chi connectivity index (χ2n) is 4.27. The summed E-state index contributed by atoms with van der Waals surface area (Å²) in [5.41, 5.74) is -0.200. The van der Waals surface area contributed by atoms with E-state index in [1.165, 1.54) is 25.6 Å². The summed E-state index contributed by atoms with van der Waals surface area (Å²) in [6.07, 6.45) is 6.24. The maximum atomic E-state index is 11.3. The zero-order chi connectivity index (χ0) is 11.5. The third kappa shape index (κ3) is 2.45. The summed E-state index contributed by atoms with van der Waals surface area (Å²) >= 11 is 3.20. The third-order valence-corrected chi connectivity index (χ3v) is 3.76. The monoisotopic (exact) mass is 286 g/mol. The quantitative estimate of drug-likeness (QED) is 0.909. The predicted octanol–water partition coefficient (Wildman–Crippen LogP) is 2.49. The molecule has 1 heterocycles. The van der Waals surface area contributed by atoms with Crippen molar-refractivity contribution in [3.8, 4) is 5.88 Å². The van der Waals surface area contributed by atoms with Crippen molar-refractivity contribution in [2.24, 2.45) is 5.92 Å². The Kier molecular flexibility index (Phi) is 3.63. The summed E-state index contributed by atoms with van der Waals surface area (Å²) in [5, 5.41) is 0. The summed E-state index contributed by atoms with van der Waals surface area (Å²) in [6, 6.07) is 0. The molecule has 5 heteroatoms. The van der Waals surface area contributed by atoms with Crippen LogP contribution in [-0.2, 0) is 0 Å². The standard InChI is InChI=1S/C11H15BrN2O2/c1-7-4-2-3-5-8(7)16-11-9(12)10(15)13-6-14-11/h6-8H,2-5H2,1H3,(H,13,14,15).